The molecular formula is C21H19NO4S2. The van der Waals surface area contributed by atoms with E-state index >= 15 is 0 Å². The second kappa shape index (κ2) is 6.84. The number of aliphatic carboxylic acids is 1. The number of hydrogen-bond donors (Lipinski definition) is 2. The molecule has 0 saturated heterocycles. The molecule has 0 amide bonds. The van der Waals surface area contributed by atoms with Gasteiger partial charge in [0.05, 0.1) is 0 Å². The summed E-state index contributed by atoms with van der Waals surface area (Å²) in [5.41, 5.74) is 1.38. The molecule has 5 nitrogen and oxygen atoms in total. The number of sulfonamides is 1. The smallest absolute Gasteiger partial charge is 0.325 e. The van der Waals surface area contributed by atoms with E-state index in [1.54, 1.807) is 6.07 Å². The van der Waals surface area contributed by atoms with E-state index in [-0.39, 0.29) is 16.5 Å². The van der Waals surface area contributed by atoms with Gasteiger partial charge >= 0.3 is 5.97 Å². The lowest BCUT2D eigenvalue weighted by Gasteiger charge is -2.14. The van der Waals surface area contributed by atoms with Gasteiger partial charge in [-0.05, 0) is 36.6 Å². The van der Waals surface area contributed by atoms with Crippen LogP contribution in [0.4, 0.5) is 0 Å². The highest BCUT2D eigenvalue weighted by Gasteiger charge is 2.63. The number of hydrogen-bond acceptors (Lipinski definition) is 4. The van der Waals surface area contributed by atoms with Gasteiger partial charge in [-0.1, -0.05) is 60.2 Å². The zero-order valence-electron chi connectivity index (χ0n) is 15.1. The van der Waals surface area contributed by atoms with Crippen LogP contribution in [0.15, 0.2) is 70.9 Å². The molecule has 144 valence electrons. The minimum atomic E-state index is -3.95. The van der Waals surface area contributed by atoms with Crippen molar-refractivity contribution in [3.05, 3.63) is 77.9 Å². The summed E-state index contributed by atoms with van der Waals surface area (Å²) in [7, 11) is -3.95. The number of carboxylic acids is 1. The van der Waals surface area contributed by atoms with E-state index in [0.29, 0.717) is 0 Å². The Hall–Kier alpha value is -2.48. The average Bonchev–Trinajstić information content (AvgIpc) is 3.17. The second-order valence-corrected chi connectivity index (χ2v) is 10.0. The first kappa shape index (κ1) is 18.9. The van der Waals surface area contributed by atoms with Crippen molar-refractivity contribution >= 4 is 27.3 Å². The van der Waals surface area contributed by atoms with Crippen molar-refractivity contribution in [1.29, 1.82) is 0 Å². The van der Waals surface area contributed by atoms with E-state index in [1.807, 2.05) is 61.5 Å². The molecule has 1 saturated carbocycles. The third-order valence-corrected chi connectivity index (χ3v) is 8.18. The van der Waals surface area contributed by atoms with Crippen molar-refractivity contribution in [3.8, 4) is 10.4 Å². The lowest BCUT2D eigenvalue weighted by atomic mass is 10.1. The minimum absolute atomic E-state index is 0.113. The number of benzene rings is 2. The van der Waals surface area contributed by atoms with Crippen LogP contribution < -0.4 is 4.72 Å². The molecule has 0 spiro atoms. The molecule has 1 aliphatic carbocycles. The first-order valence-electron chi connectivity index (χ1n) is 8.81. The molecule has 1 heterocycles. The quantitative estimate of drug-likeness (QED) is 0.640. The Balaban J connectivity index is 1.60. The van der Waals surface area contributed by atoms with E-state index in [9.17, 15) is 18.3 Å². The molecular weight excluding hydrogens is 394 g/mol. The van der Waals surface area contributed by atoms with Crippen molar-refractivity contribution in [2.75, 3.05) is 0 Å². The van der Waals surface area contributed by atoms with E-state index < -0.39 is 21.5 Å². The predicted octanol–water partition coefficient (Wildman–Crippen LogP) is 4.01. The summed E-state index contributed by atoms with van der Waals surface area (Å²) in [6, 6.07) is 20.2. The van der Waals surface area contributed by atoms with Gasteiger partial charge in [-0.25, -0.2) is 8.42 Å². The van der Waals surface area contributed by atoms with Crippen molar-refractivity contribution in [2.24, 2.45) is 0 Å². The van der Waals surface area contributed by atoms with Gasteiger partial charge in [-0.2, -0.15) is 4.72 Å². The molecule has 0 unspecified atom stereocenters. The van der Waals surface area contributed by atoms with Crippen LogP contribution in [-0.2, 0) is 14.8 Å². The molecule has 2 atom stereocenters. The van der Waals surface area contributed by atoms with Crippen LogP contribution in [0, 0.1) is 6.92 Å². The van der Waals surface area contributed by atoms with Gasteiger partial charge in [0, 0.05) is 10.8 Å². The zero-order chi connectivity index (χ0) is 19.9. The summed E-state index contributed by atoms with van der Waals surface area (Å²) in [5, 5.41) is 9.73. The van der Waals surface area contributed by atoms with Crippen LogP contribution in [0.5, 0.6) is 0 Å². The maximum Gasteiger partial charge on any atom is 0.325 e. The lowest BCUT2D eigenvalue weighted by molar-refractivity contribution is -0.140. The van der Waals surface area contributed by atoms with Crippen LogP contribution in [0.25, 0.3) is 10.4 Å². The van der Waals surface area contributed by atoms with Crippen LogP contribution >= 0.6 is 11.3 Å². The number of carbonyl (C=O) groups is 1. The Morgan fingerprint density at radius 2 is 1.75 bits per heavy atom. The largest absolute Gasteiger partial charge is 0.480 e. The van der Waals surface area contributed by atoms with Gasteiger partial charge in [-0.15, -0.1) is 11.3 Å². The summed E-state index contributed by atoms with van der Waals surface area (Å²) < 4.78 is 28.4. The normalized spacial score (nSPS) is 21.4. The van der Waals surface area contributed by atoms with Crippen molar-refractivity contribution < 1.29 is 18.3 Å². The average molecular weight is 414 g/mol. The Morgan fingerprint density at radius 1 is 1.07 bits per heavy atom. The first-order chi connectivity index (χ1) is 13.3. The van der Waals surface area contributed by atoms with Crippen LogP contribution in [0.2, 0.25) is 0 Å². The molecule has 2 N–H and O–H groups in total. The fourth-order valence-electron chi connectivity index (χ4n) is 3.37. The number of carboxylic acid groups (broad SMARTS) is 1. The number of aryl methyl sites for hydroxylation is 1. The maximum atomic E-state index is 12.9. The second-order valence-electron chi connectivity index (χ2n) is 7.03. The maximum absolute atomic E-state index is 12.9. The first-order valence-corrected chi connectivity index (χ1v) is 11.1. The van der Waals surface area contributed by atoms with Crippen molar-refractivity contribution in [1.82, 2.24) is 4.72 Å². The van der Waals surface area contributed by atoms with Gasteiger partial charge in [0.25, 0.3) is 10.0 Å². The summed E-state index contributed by atoms with van der Waals surface area (Å²) in [6.07, 6.45) is 0.238. The van der Waals surface area contributed by atoms with E-state index in [1.165, 1.54) is 6.07 Å². The summed E-state index contributed by atoms with van der Waals surface area (Å²) in [6.45, 7) is 1.99. The van der Waals surface area contributed by atoms with Crippen LogP contribution in [0.3, 0.4) is 0 Å². The minimum Gasteiger partial charge on any atom is -0.480 e. The van der Waals surface area contributed by atoms with Crippen molar-refractivity contribution in [2.45, 2.75) is 29.0 Å². The number of rotatable bonds is 6. The molecule has 1 aromatic heterocycles. The van der Waals surface area contributed by atoms with E-state index in [0.717, 1.165) is 32.9 Å². The highest BCUT2D eigenvalue weighted by atomic mass is 32.2. The number of nitrogens with one attached hydrogen (secondary N) is 1. The van der Waals surface area contributed by atoms with Gasteiger partial charge in [0.15, 0.2) is 0 Å². The Kier molecular flexibility index (Phi) is 4.61. The van der Waals surface area contributed by atoms with Gasteiger partial charge in [0.1, 0.15) is 9.75 Å². The third-order valence-electron chi connectivity index (χ3n) is 5.04. The van der Waals surface area contributed by atoms with Gasteiger partial charge in [-0.3, -0.25) is 4.79 Å². The molecule has 0 bridgehead atoms. The van der Waals surface area contributed by atoms with Crippen LogP contribution in [0.1, 0.15) is 23.5 Å². The SMILES string of the molecule is Cc1ccc(-c2ccc(S(=O)(=O)N[C@]3(C(=O)O)C[C@H]3c3ccccc3)s2)cc1. The van der Waals surface area contributed by atoms with Gasteiger partial charge in [0.2, 0.25) is 0 Å². The molecule has 3 aromatic rings. The Bertz CT molecular complexity index is 1120. The Morgan fingerprint density at radius 3 is 2.39 bits per heavy atom. The molecule has 1 fully saturated rings. The van der Waals surface area contributed by atoms with Gasteiger partial charge < -0.3 is 5.11 Å². The molecule has 28 heavy (non-hydrogen) atoms. The Labute approximate surface area is 167 Å². The highest BCUT2D eigenvalue weighted by Crippen LogP contribution is 2.52. The lowest BCUT2D eigenvalue weighted by Crippen LogP contribution is -2.44. The van der Waals surface area contributed by atoms with E-state index in [4.69, 9.17) is 0 Å². The molecule has 7 heteroatoms. The third kappa shape index (κ3) is 3.37. The van der Waals surface area contributed by atoms with Crippen molar-refractivity contribution in [3.63, 3.8) is 0 Å². The molecule has 1 aliphatic rings. The topological polar surface area (TPSA) is 83.5 Å². The standard InChI is InChI=1S/C21H19NO4S2/c1-14-7-9-16(10-8-14)18-11-12-19(27-18)28(25,26)22-21(20(23)24)13-17(21)15-5-3-2-4-6-15/h2-12,17,22H,13H2,1H3,(H,23,24)/t17-,21+/m0/s1. The summed E-state index contributed by atoms with van der Waals surface area (Å²) >= 11 is 1.13. The molecule has 2 aromatic carbocycles. The molecule has 4 rings (SSSR count). The van der Waals surface area contributed by atoms with E-state index in [2.05, 4.69) is 4.72 Å². The summed E-state index contributed by atoms with van der Waals surface area (Å²) in [4.78, 5) is 12.7. The fourth-order valence-corrected chi connectivity index (χ4v) is 6.09. The fraction of sp³-hybridized carbons (Fsp3) is 0.190. The number of thiophene rings is 1. The van der Waals surface area contributed by atoms with Crippen LogP contribution in [-0.4, -0.2) is 25.0 Å². The predicted molar refractivity (Wildman–Crippen MR) is 109 cm³/mol. The zero-order valence-corrected chi connectivity index (χ0v) is 16.8. The molecule has 0 radical (unpaired) electrons. The highest BCUT2D eigenvalue weighted by molar-refractivity contribution is 7.91. The monoisotopic (exact) mass is 413 g/mol. The summed E-state index contributed by atoms with van der Waals surface area (Å²) in [5.74, 6) is -1.53. The molecule has 0 aliphatic heterocycles.